The molecule has 1 aromatic rings. The molecule has 0 N–H and O–H groups in total. The molecule has 1 heterocycles. The highest BCUT2D eigenvalue weighted by Crippen LogP contribution is 2.39. The van der Waals surface area contributed by atoms with Crippen LogP contribution in [0.15, 0.2) is 28.7 Å². The van der Waals surface area contributed by atoms with Crippen molar-refractivity contribution < 1.29 is 14.3 Å². The molecule has 4 heteroatoms. The lowest BCUT2D eigenvalue weighted by molar-refractivity contribution is -0.151. The number of rotatable bonds is 6. The van der Waals surface area contributed by atoms with E-state index in [2.05, 4.69) is 35.0 Å². The van der Waals surface area contributed by atoms with E-state index in [1.54, 1.807) is 0 Å². The number of hydrogen-bond donors (Lipinski definition) is 0. The van der Waals surface area contributed by atoms with Gasteiger partial charge < -0.3 is 9.47 Å². The van der Waals surface area contributed by atoms with Crippen LogP contribution in [0.25, 0.3) is 0 Å². The number of carbonyl (C=O) groups is 1. The number of carbonyl (C=O) groups excluding carboxylic acids is 1. The topological polar surface area (TPSA) is 38.8 Å². The standard InChI is InChI=1S/C15H19BrO3/c1-3-18-14(17)15(10-19-15)11(2)4-5-12-6-8-13(16)9-7-12/h6-9,11H,3-5,10H2,1-2H3. The molecule has 0 spiro atoms. The van der Waals surface area contributed by atoms with Gasteiger partial charge in [-0.05, 0) is 43.4 Å². The van der Waals surface area contributed by atoms with Crippen molar-refractivity contribution >= 4 is 21.9 Å². The first-order valence-corrected chi connectivity index (χ1v) is 7.43. The van der Waals surface area contributed by atoms with Crippen LogP contribution in [0.2, 0.25) is 0 Å². The second kappa shape index (κ2) is 6.06. The van der Waals surface area contributed by atoms with Crippen molar-refractivity contribution in [1.29, 1.82) is 0 Å². The molecule has 1 aromatic carbocycles. The summed E-state index contributed by atoms with van der Waals surface area (Å²) >= 11 is 3.42. The van der Waals surface area contributed by atoms with Gasteiger partial charge in [0.1, 0.15) is 0 Å². The molecule has 3 nitrogen and oxygen atoms in total. The molecule has 1 saturated heterocycles. The number of hydrogen-bond acceptors (Lipinski definition) is 3. The number of halogens is 1. The summed E-state index contributed by atoms with van der Waals surface area (Å²) in [4.78, 5) is 11.9. The van der Waals surface area contributed by atoms with Gasteiger partial charge in [-0.15, -0.1) is 0 Å². The average Bonchev–Trinajstić information content (AvgIpc) is 3.19. The van der Waals surface area contributed by atoms with Crippen LogP contribution in [-0.2, 0) is 20.7 Å². The van der Waals surface area contributed by atoms with Crippen LogP contribution in [0.1, 0.15) is 25.8 Å². The molecule has 2 atom stereocenters. The molecule has 2 unspecified atom stereocenters. The number of benzene rings is 1. The molecule has 19 heavy (non-hydrogen) atoms. The smallest absolute Gasteiger partial charge is 0.341 e. The number of epoxide rings is 1. The summed E-state index contributed by atoms with van der Waals surface area (Å²) in [5.74, 6) is -0.0338. The summed E-state index contributed by atoms with van der Waals surface area (Å²) in [5.41, 5.74) is 0.598. The molecular weight excluding hydrogens is 308 g/mol. The van der Waals surface area contributed by atoms with Gasteiger partial charge in [0.15, 0.2) is 5.60 Å². The van der Waals surface area contributed by atoms with E-state index in [0.717, 1.165) is 17.3 Å². The Kier molecular flexibility index (Phi) is 4.63. The van der Waals surface area contributed by atoms with Gasteiger partial charge in [0.25, 0.3) is 0 Å². The Morgan fingerprint density at radius 1 is 1.47 bits per heavy atom. The molecule has 1 aliphatic heterocycles. The first-order valence-electron chi connectivity index (χ1n) is 6.64. The van der Waals surface area contributed by atoms with Crippen LogP contribution in [0.4, 0.5) is 0 Å². The molecule has 2 rings (SSSR count). The Bertz CT molecular complexity index is 437. The van der Waals surface area contributed by atoms with Gasteiger partial charge in [-0.3, -0.25) is 0 Å². The van der Waals surface area contributed by atoms with Crippen LogP contribution in [-0.4, -0.2) is 24.8 Å². The lowest BCUT2D eigenvalue weighted by Gasteiger charge is -2.18. The quantitative estimate of drug-likeness (QED) is 0.594. The fourth-order valence-electron chi connectivity index (χ4n) is 2.20. The van der Waals surface area contributed by atoms with Crippen molar-refractivity contribution in [3.05, 3.63) is 34.3 Å². The van der Waals surface area contributed by atoms with E-state index in [4.69, 9.17) is 9.47 Å². The maximum absolute atomic E-state index is 11.9. The fraction of sp³-hybridized carbons (Fsp3) is 0.533. The summed E-state index contributed by atoms with van der Waals surface area (Å²) in [5, 5.41) is 0. The second-order valence-electron chi connectivity index (χ2n) is 4.96. The minimum atomic E-state index is -0.675. The maximum Gasteiger partial charge on any atom is 0.341 e. The summed E-state index contributed by atoms with van der Waals surface area (Å²) in [7, 11) is 0. The fourth-order valence-corrected chi connectivity index (χ4v) is 2.47. The van der Waals surface area contributed by atoms with E-state index in [1.807, 2.05) is 19.1 Å². The third kappa shape index (κ3) is 3.37. The predicted octanol–water partition coefficient (Wildman–Crippen LogP) is 3.35. The first-order chi connectivity index (χ1) is 9.08. The third-order valence-corrected chi connectivity index (χ3v) is 4.18. The zero-order valence-electron chi connectivity index (χ0n) is 11.3. The molecule has 0 radical (unpaired) electrons. The average molecular weight is 327 g/mol. The van der Waals surface area contributed by atoms with E-state index in [1.165, 1.54) is 5.56 Å². The molecule has 0 saturated carbocycles. The lowest BCUT2D eigenvalue weighted by Crippen LogP contribution is -2.34. The normalized spacial score (nSPS) is 22.9. The third-order valence-electron chi connectivity index (χ3n) is 3.65. The van der Waals surface area contributed by atoms with E-state index < -0.39 is 5.60 Å². The van der Waals surface area contributed by atoms with Crippen molar-refractivity contribution in [2.24, 2.45) is 5.92 Å². The molecule has 1 fully saturated rings. The zero-order valence-corrected chi connectivity index (χ0v) is 12.9. The van der Waals surface area contributed by atoms with Crippen molar-refractivity contribution in [1.82, 2.24) is 0 Å². The molecular formula is C15H19BrO3. The van der Waals surface area contributed by atoms with Gasteiger partial charge in [0.05, 0.1) is 13.2 Å². The second-order valence-corrected chi connectivity index (χ2v) is 5.88. The van der Waals surface area contributed by atoms with Crippen LogP contribution in [0.5, 0.6) is 0 Å². The van der Waals surface area contributed by atoms with Gasteiger partial charge in [0.2, 0.25) is 0 Å². The van der Waals surface area contributed by atoms with Gasteiger partial charge in [0, 0.05) is 4.47 Å². The molecule has 1 aliphatic rings. The molecule has 0 amide bonds. The first kappa shape index (κ1) is 14.5. The number of aryl methyl sites for hydroxylation is 1. The van der Waals surface area contributed by atoms with Crippen molar-refractivity contribution in [2.75, 3.05) is 13.2 Å². The van der Waals surface area contributed by atoms with Crippen molar-refractivity contribution in [3.63, 3.8) is 0 Å². The molecule has 0 aliphatic carbocycles. The van der Waals surface area contributed by atoms with Crippen molar-refractivity contribution in [2.45, 2.75) is 32.3 Å². The van der Waals surface area contributed by atoms with Gasteiger partial charge >= 0.3 is 5.97 Å². The molecule has 104 valence electrons. The largest absolute Gasteiger partial charge is 0.464 e. The van der Waals surface area contributed by atoms with E-state index >= 15 is 0 Å². The Balaban J connectivity index is 1.89. The van der Waals surface area contributed by atoms with Gasteiger partial charge in [-0.2, -0.15) is 0 Å². The lowest BCUT2D eigenvalue weighted by atomic mass is 9.89. The molecule has 0 aromatic heterocycles. The Labute approximate surface area is 122 Å². The Morgan fingerprint density at radius 2 is 2.11 bits per heavy atom. The van der Waals surface area contributed by atoms with Crippen LogP contribution >= 0.6 is 15.9 Å². The van der Waals surface area contributed by atoms with Crippen molar-refractivity contribution in [3.8, 4) is 0 Å². The Morgan fingerprint density at radius 3 is 2.63 bits per heavy atom. The zero-order chi connectivity index (χ0) is 13.9. The minimum Gasteiger partial charge on any atom is -0.464 e. The van der Waals surface area contributed by atoms with Crippen LogP contribution < -0.4 is 0 Å². The van der Waals surface area contributed by atoms with E-state index in [-0.39, 0.29) is 11.9 Å². The summed E-state index contributed by atoms with van der Waals surface area (Å²) in [6.45, 7) is 4.78. The highest BCUT2D eigenvalue weighted by Gasteiger charge is 2.57. The predicted molar refractivity (Wildman–Crippen MR) is 76.9 cm³/mol. The SMILES string of the molecule is CCOC(=O)C1(C(C)CCc2ccc(Br)cc2)CO1. The van der Waals surface area contributed by atoms with Gasteiger partial charge in [-0.1, -0.05) is 35.0 Å². The summed E-state index contributed by atoms with van der Waals surface area (Å²) in [6, 6.07) is 8.27. The maximum atomic E-state index is 11.9. The monoisotopic (exact) mass is 326 g/mol. The highest BCUT2D eigenvalue weighted by atomic mass is 79.9. The number of esters is 1. The van der Waals surface area contributed by atoms with Crippen LogP contribution in [0.3, 0.4) is 0 Å². The van der Waals surface area contributed by atoms with Gasteiger partial charge in [-0.25, -0.2) is 4.79 Å². The van der Waals surface area contributed by atoms with Crippen LogP contribution in [0, 0.1) is 5.92 Å². The minimum absolute atomic E-state index is 0.176. The molecule has 0 bridgehead atoms. The Hall–Kier alpha value is -0.870. The highest BCUT2D eigenvalue weighted by molar-refractivity contribution is 9.10. The number of ether oxygens (including phenoxy) is 2. The summed E-state index contributed by atoms with van der Waals surface area (Å²) in [6.07, 6.45) is 1.86. The van der Waals surface area contributed by atoms with E-state index in [9.17, 15) is 4.79 Å². The van der Waals surface area contributed by atoms with E-state index in [0.29, 0.717) is 13.2 Å². The summed E-state index contributed by atoms with van der Waals surface area (Å²) < 4.78 is 11.6.